The molecule has 0 aromatic heterocycles. The topological polar surface area (TPSA) is 9.23 Å². The van der Waals surface area contributed by atoms with Crippen molar-refractivity contribution < 1.29 is 9.13 Å². The molecule has 1 fully saturated rings. The summed E-state index contributed by atoms with van der Waals surface area (Å²) < 4.78 is 18.7. The number of ether oxygens (including phenoxy) is 1. The molecule has 0 spiro atoms. The number of alkyl halides is 1. The second-order valence-corrected chi connectivity index (χ2v) is 4.20. The van der Waals surface area contributed by atoms with Crippen molar-refractivity contribution in [2.24, 2.45) is 11.8 Å². The molecule has 1 rings (SSSR count). The number of halogens is 1. The minimum absolute atomic E-state index is 0.192. The summed E-state index contributed by atoms with van der Waals surface area (Å²) in [5.74, 6) is 0.826. The molecule has 0 aliphatic carbocycles. The normalized spacial score (nSPS) is 37.2. The molecule has 72 valence electrons. The predicted molar refractivity (Wildman–Crippen MR) is 47.9 cm³/mol. The fourth-order valence-electron chi connectivity index (χ4n) is 1.89. The average molecular weight is 174 g/mol. The van der Waals surface area contributed by atoms with E-state index in [2.05, 4.69) is 13.8 Å². The lowest BCUT2D eigenvalue weighted by atomic mass is 9.87. The van der Waals surface area contributed by atoms with Gasteiger partial charge in [-0.3, -0.25) is 0 Å². The van der Waals surface area contributed by atoms with Crippen LogP contribution in [0, 0.1) is 11.8 Å². The Morgan fingerprint density at radius 2 is 2.17 bits per heavy atom. The zero-order valence-electron chi connectivity index (χ0n) is 8.22. The van der Waals surface area contributed by atoms with E-state index in [-0.39, 0.29) is 12.0 Å². The first-order chi connectivity index (χ1) is 5.61. The summed E-state index contributed by atoms with van der Waals surface area (Å²) in [5, 5.41) is 0. The zero-order chi connectivity index (χ0) is 9.14. The van der Waals surface area contributed by atoms with Crippen molar-refractivity contribution >= 4 is 0 Å². The van der Waals surface area contributed by atoms with Crippen LogP contribution >= 0.6 is 0 Å². The summed E-state index contributed by atoms with van der Waals surface area (Å²) in [6, 6.07) is 0. The molecule has 3 atom stereocenters. The number of rotatable bonds is 2. The van der Waals surface area contributed by atoms with Crippen LogP contribution < -0.4 is 0 Å². The second-order valence-electron chi connectivity index (χ2n) is 4.20. The van der Waals surface area contributed by atoms with Crippen LogP contribution in [0.1, 0.15) is 33.6 Å². The smallest absolute Gasteiger partial charge is 0.129 e. The van der Waals surface area contributed by atoms with Crippen molar-refractivity contribution in [1.82, 2.24) is 0 Å². The van der Waals surface area contributed by atoms with E-state index in [4.69, 9.17) is 4.74 Å². The summed E-state index contributed by atoms with van der Waals surface area (Å²) in [7, 11) is 0. The van der Waals surface area contributed by atoms with Crippen LogP contribution in [0.5, 0.6) is 0 Å². The van der Waals surface area contributed by atoms with Crippen LogP contribution in [0.15, 0.2) is 0 Å². The van der Waals surface area contributed by atoms with Gasteiger partial charge in [0.05, 0.1) is 6.10 Å². The largest absolute Gasteiger partial charge is 0.375 e. The Morgan fingerprint density at radius 1 is 1.50 bits per heavy atom. The lowest BCUT2D eigenvalue weighted by Crippen LogP contribution is -2.36. The van der Waals surface area contributed by atoms with E-state index in [9.17, 15) is 4.39 Å². The first-order valence-electron chi connectivity index (χ1n) is 4.87. The van der Waals surface area contributed by atoms with Crippen molar-refractivity contribution in [2.75, 3.05) is 6.61 Å². The number of hydrogen-bond acceptors (Lipinski definition) is 1. The van der Waals surface area contributed by atoms with E-state index < -0.39 is 6.17 Å². The van der Waals surface area contributed by atoms with Crippen molar-refractivity contribution in [2.45, 2.75) is 45.9 Å². The molecule has 1 aliphatic rings. The molecule has 0 radical (unpaired) electrons. The highest BCUT2D eigenvalue weighted by Gasteiger charge is 2.31. The maximum absolute atomic E-state index is 13.5. The van der Waals surface area contributed by atoms with Gasteiger partial charge in [-0.25, -0.2) is 4.39 Å². The standard InChI is InChI=1S/C10H19FO/c1-7(2)6-9-4-5-12-8(3)10(9)11/h7-10H,4-6H2,1-3H3/t8-,9?,10?/m1/s1. The molecule has 1 nitrogen and oxygen atoms in total. The molecule has 0 bridgehead atoms. The molecule has 2 heteroatoms. The summed E-state index contributed by atoms with van der Waals surface area (Å²) in [5.41, 5.74) is 0. The first-order valence-corrected chi connectivity index (χ1v) is 4.87. The van der Waals surface area contributed by atoms with Gasteiger partial charge in [-0.1, -0.05) is 13.8 Å². The molecule has 0 amide bonds. The van der Waals surface area contributed by atoms with Crippen molar-refractivity contribution in [3.8, 4) is 0 Å². The highest BCUT2D eigenvalue weighted by molar-refractivity contribution is 4.79. The molecule has 12 heavy (non-hydrogen) atoms. The van der Waals surface area contributed by atoms with Crippen LogP contribution in [0.2, 0.25) is 0 Å². The third-order valence-corrected chi connectivity index (χ3v) is 2.54. The Bertz CT molecular complexity index is 136. The minimum atomic E-state index is -0.749. The van der Waals surface area contributed by atoms with E-state index in [1.165, 1.54) is 0 Å². The van der Waals surface area contributed by atoms with Gasteiger partial charge in [-0.15, -0.1) is 0 Å². The summed E-state index contributed by atoms with van der Waals surface area (Å²) in [4.78, 5) is 0. The number of hydrogen-bond donors (Lipinski definition) is 0. The summed E-state index contributed by atoms with van der Waals surface area (Å²) >= 11 is 0. The third kappa shape index (κ3) is 2.44. The van der Waals surface area contributed by atoms with E-state index in [1.807, 2.05) is 6.92 Å². The Morgan fingerprint density at radius 3 is 2.75 bits per heavy atom. The van der Waals surface area contributed by atoms with E-state index in [0.717, 1.165) is 19.4 Å². The Kier molecular flexibility index (Phi) is 3.51. The predicted octanol–water partition coefficient (Wildman–Crippen LogP) is 2.80. The molecule has 1 saturated heterocycles. The Labute approximate surface area is 74.3 Å². The zero-order valence-corrected chi connectivity index (χ0v) is 8.22. The quantitative estimate of drug-likeness (QED) is 0.625. The van der Waals surface area contributed by atoms with E-state index in [0.29, 0.717) is 5.92 Å². The molecule has 1 heterocycles. The fraction of sp³-hybridized carbons (Fsp3) is 1.00. The Balaban J connectivity index is 2.41. The van der Waals surface area contributed by atoms with Gasteiger partial charge in [0.2, 0.25) is 0 Å². The van der Waals surface area contributed by atoms with Crippen LogP contribution in [0.4, 0.5) is 4.39 Å². The van der Waals surface area contributed by atoms with Gasteiger partial charge < -0.3 is 4.74 Å². The maximum atomic E-state index is 13.5. The van der Waals surface area contributed by atoms with Crippen LogP contribution in [-0.2, 0) is 4.74 Å². The first kappa shape index (κ1) is 9.97. The van der Waals surface area contributed by atoms with Crippen LogP contribution in [0.3, 0.4) is 0 Å². The van der Waals surface area contributed by atoms with Crippen molar-refractivity contribution in [3.05, 3.63) is 0 Å². The van der Waals surface area contributed by atoms with Gasteiger partial charge in [0.25, 0.3) is 0 Å². The molecule has 0 N–H and O–H groups in total. The fourth-order valence-corrected chi connectivity index (χ4v) is 1.89. The SMILES string of the molecule is CC(C)CC1CCO[C@H](C)C1F. The van der Waals surface area contributed by atoms with Gasteiger partial charge in [0.1, 0.15) is 6.17 Å². The monoisotopic (exact) mass is 174 g/mol. The highest BCUT2D eigenvalue weighted by Crippen LogP contribution is 2.28. The average Bonchev–Trinajstić information content (AvgIpc) is 1.98. The third-order valence-electron chi connectivity index (χ3n) is 2.54. The summed E-state index contributed by atoms with van der Waals surface area (Å²) in [6.07, 6.45) is 0.946. The van der Waals surface area contributed by atoms with E-state index in [1.54, 1.807) is 0 Å². The van der Waals surface area contributed by atoms with Crippen molar-refractivity contribution in [1.29, 1.82) is 0 Å². The van der Waals surface area contributed by atoms with Gasteiger partial charge in [0, 0.05) is 6.61 Å². The molecule has 0 aromatic carbocycles. The molecular formula is C10H19FO. The maximum Gasteiger partial charge on any atom is 0.129 e. The molecule has 0 aromatic rings. The van der Waals surface area contributed by atoms with Gasteiger partial charge in [-0.2, -0.15) is 0 Å². The van der Waals surface area contributed by atoms with Crippen molar-refractivity contribution in [3.63, 3.8) is 0 Å². The van der Waals surface area contributed by atoms with E-state index >= 15 is 0 Å². The highest BCUT2D eigenvalue weighted by atomic mass is 19.1. The lowest BCUT2D eigenvalue weighted by molar-refractivity contribution is -0.0642. The molecule has 0 saturated carbocycles. The minimum Gasteiger partial charge on any atom is -0.375 e. The molecule has 2 unspecified atom stereocenters. The van der Waals surface area contributed by atoms with Crippen LogP contribution in [-0.4, -0.2) is 18.9 Å². The molecule has 1 aliphatic heterocycles. The van der Waals surface area contributed by atoms with Gasteiger partial charge in [0.15, 0.2) is 0 Å². The van der Waals surface area contributed by atoms with Gasteiger partial charge >= 0.3 is 0 Å². The summed E-state index contributed by atoms with van der Waals surface area (Å²) in [6.45, 7) is 6.86. The van der Waals surface area contributed by atoms with Crippen LogP contribution in [0.25, 0.3) is 0 Å². The second kappa shape index (κ2) is 4.22. The Hall–Kier alpha value is -0.110. The van der Waals surface area contributed by atoms with Gasteiger partial charge in [-0.05, 0) is 31.6 Å². The lowest BCUT2D eigenvalue weighted by Gasteiger charge is -2.32. The molecular weight excluding hydrogens is 155 g/mol.